The lowest BCUT2D eigenvalue weighted by Crippen LogP contribution is -2.07. The monoisotopic (exact) mass is 855 g/mol. The van der Waals surface area contributed by atoms with Crippen molar-refractivity contribution < 1.29 is 19.1 Å². The summed E-state index contributed by atoms with van der Waals surface area (Å²) in [4.78, 5) is 42.5. The van der Waals surface area contributed by atoms with Crippen LogP contribution in [0.3, 0.4) is 0 Å². The normalized spacial score (nSPS) is 13.8. The lowest BCUT2D eigenvalue weighted by molar-refractivity contribution is -0.156. The van der Waals surface area contributed by atoms with E-state index < -0.39 is 11.9 Å². The molecule has 2 saturated carbocycles. The summed E-state index contributed by atoms with van der Waals surface area (Å²) in [5, 5.41) is 18.0. The van der Waals surface area contributed by atoms with E-state index in [0.717, 1.165) is 101 Å². The summed E-state index contributed by atoms with van der Waals surface area (Å²) in [6, 6.07) is 28.7. The molecule has 5 rings (SSSR count). The first-order valence-corrected chi connectivity index (χ1v) is 20.6. The smallest absolute Gasteiger partial charge is 0.310 e. The van der Waals surface area contributed by atoms with Crippen LogP contribution in [0.2, 0.25) is 0 Å². The number of anilines is 3. The molecule has 64 heavy (non-hydrogen) atoms. The number of esters is 2. The predicted molar refractivity (Wildman–Crippen MR) is 260 cm³/mol. The van der Waals surface area contributed by atoms with Gasteiger partial charge in [-0.1, -0.05) is 97.3 Å². The van der Waals surface area contributed by atoms with Gasteiger partial charge in [0.25, 0.3) is 11.4 Å². The predicted octanol–water partition coefficient (Wildman–Crippen LogP) is 11.2. The highest BCUT2D eigenvalue weighted by Crippen LogP contribution is 2.38. The molecule has 0 atom stereocenters. The third kappa shape index (κ3) is 18.7. The van der Waals surface area contributed by atoms with Crippen molar-refractivity contribution in [3.63, 3.8) is 0 Å². The fraction of sp³-hybridized carbons (Fsp3) is 0.264. The fourth-order valence-electron chi connectivity index (χ4n) is 6.28. The summed E-state index contributed by atoms with van der Waals surface area (Å²) in [7, 11) is 12.1. The minimum absolute atomic E-state index is 0.155. The van der Waals surface area contributed by atoms with Gasteiger partial charge in [0.2, 0.25) is 0 Å². The molecule has 328 valence electrons. The molecule has 0 N–H and O–H groups in total. The van der Waals surface area contributed by atoms with Crippen LogP contribution in [0.4, 0.5) is 17.1 Å². The second kappa shape index (κ2) is 28.5. The molecule has 0 amide bonds. The third-order valence-electron chi connectivity index (χ3n) is 9.58. The van der Waals surface area contributed by atoms with E-state index in [1.165, 1.54) is 19.9 Å². The van der Waals surface area contributed by atoms with Crippen LogP contribution in [-0.4, -0.2) is 60.5 Å². The Labute approximate surface area is 379 Å². The molecule has 2 aliphatic rings. The molecular weight excluding hydrogens is 799 g/mol. The zero-order valence-electron chi connectivity index (χ0n) is 38.1. The van der Waals surface area contributed by atoms with Crippen LogP contribution in [0.15, 0.2) is 137 Å². The van der Waals surface area contributed by atoms with Gasteiger partial charge in [0.1, 0.15) is 6.29 Å². The molecule has 0 unspecified atom stereocenters. The Morgan fingerprint density at radius 2 is 0.922 bits per heavy atom. The Bertz CT molecular complexity index is 2300. The van der Waals surface area contributed by atoms with Crippen molar-refractivity contribution in [1.82, 2.24) is 0 Å². The Balaban J connectivity index is 0.000000378. The number of ether oxygens (including phenoxy) is 1. The van der Waals surface area contributed by atoms with Crippen molar-refractivity contribution >= 4 is 53.5 Å². The maximum atomic E-state index is 10.1. The number of carbonyl (C=O) groups excluding carboxylic acids is 3. The van der Waals surface area contributed by atoms with E-state index in [4.69, 9.17) is 18.4 Å². The van der Waals surface area contributed by atoms with Gasteiger partial charge in [-0.2, -0.15) is 0 Å². The minimum atomic E-state index is -0.562. The molecule has 0 aliphatic heterocycles. The molecule has 0 aromatic heterocycles. The van der Waals surface area contributed by atoms with Gasteiger partial charge in [-0.25, -0.2) is 20.2 Å². The highest BCUT2D eigenvalue weighted by molar-refractivity contribution is 5.82. The number of hydrogen-bond acceptors (Lipinski definition) is 9. The summed E-state index contributed by atoms with van der Waals surface area (Å²) >= 11 is 0. The molecule has 0 radical (unpaired) electrons. The number of aldehydes is 1. The Hall–Kier alpha value is -7.99. The topological polar surface area (TPSA) is 126 Å². The van der Waals surface area contributed by atoms with Crippen molar-refractivity contribution in [3.05, 3.63) is 176 Å². The quantitative estimate of drug-likeness (QED) is 0.0516. The maximum absolute atomic E-state index is 10.1. The minimum Gasteiger partial charge on any atom is -0.394 e. The molecule has 2 aliphatic carbocycles. The first kappa shape index (κ1) is 52.1. The zero-order valence-corrected chi connectivity index (χ0v) is 38.1. The van der Waals surface area contributed by atoms with Crippen molar-refractivity contribution in [3.8, 4) is 12.1 Å². The van der Waals surface area contributed by atoms with Crippen molar-refractivity contribution in [2.24, 2.45) is 0 Å². The second-order valence-electron chi connectivity index (χ2n) is 15.0. The van der Waals surface area contributed by atoms with Crippen molar-refractivity contribution in [2.75, 3.05) is 57.0 Å². The number of nitriles is 2. The maximum Gasteiger partial charge on any atom is 0.310 e. The zero-order chi connectivity index (χ0) is 47.4. The Morgan fingerprint density at radius 3 is 1.19 bits per heavy atom. The van der Waals surface area contributed by atoms with Crippen molar-refractivity contribution in [2.45, 2.75) is 52.4 Å². The number of nitrogens with zero attached hydrogens (tertiary/aromatic N) is 7. The summed E-state index contributed by atoms with van der Waals surface area (Å²) in [6.45, 7) is 16.5. The lowest BCUT2D eigenvalue weighted by atomic mass is 10.0. The van der Waals surface area contributed by atoms with Crippen LogP contribution in [-0.2, 0) is 19.1 Å². The van der Waals surface area contributed by atoms with E-state index in [1.807, 2.05) is 114 Å². The average molecular weight is 856 g/mol. The largest absolute Gasteiger partial charge is 0.394 e. The number of rotatable bonds is 9. The molecule has 11 nitrogen and oxygen atoms in total. The van der Waals surface area contributed by atoms with Crippen LogP contribution in [0.5, 0.6) is 0 Å². The van der Waals surface area contributed by atoms with Crippen LogP contribution in [0.25, 0.3) is 27.9 Å². The SMILES string of the molecule is CC(=O)OC(C)=O.CN(C)c1ccc(/C=C/C=O)cc1.[C-]#[N+]C(C#N)=C1/C(=C/C=C/c2ccc(N(C)C)cc2)CC/C1=C\C=C\c1ccc(N(C)C)cc1.[C-]#[N+]C(C#N)=C1CCCC1. The number of benzene rings is 3. The van der Waals surface area contributed by atoms with Crippen molar-refractivity contribution in [1.29, 1.82) is 10.5 Å². The van der Waals surface area contributed by atoms with Gasteiger partial charge in [0.15, 0.2) is 0 Å². The Kier molecular flexibility index (Phi) is 23.2. The van der Waals surface area contributed by atoms with Crippen LogP contribution < -0.4 is 14.7 Å². The summed E-state index contributed by atoms with van der Waals surface area (Å²) in [5.74, 6) is -1.12. The molecule has 0 heterocycles. The summed E-state index contributed by atoms with van der Waals surface area (Å²) < 4.78 is 3.97. The molecule has 0 spiro atoms. The van der Waals surface area contributed by atoms with E-state index in [2.05, 4.69) is 78.8 Å². The summed E-state index contributed by atoms with van der Waals surface area (Å²) in [5.41, 5.74) is 11.1. The van der Waals surface area contributed by atoms with Crippen LogP contribution in [0, 0.1) is 35.8 Å². The van der Waals surface area contributed by atoms with Gasteiger partial charge in [-0.15, -0.1) is 0 Å². The number of hydrogen-bond donors (Lipinski definition) is 0. The Morgan fingerprint density at radius 1 is 0.578 bits per heavy atom. The van der Waals surface area contributed by atoms with E-state index in [9.17, 15) is 19.6 Å². The average Bonchev–Trinajstić information content (AvgIpc) is 3.96. The number of allylic oxidation sites excluding steroid dienone is 11. The molecular formula is C53H57N7O4. The van der Waals surface area contributed by atoms with Gasteiger partial charge < -0.3 is 19.4 Å². The molecule has 0 bridgehead atoms. The first-order valence-electron chi connectivity index (χ1n) is 20.6. The van der Waals surface area contributed by atoms with Gasteiger partial charge in [0.05, 0.1) is 25.3 Å². The summed E-state index contributed by atoms with van der Waals surface area (Å²) in [6.07, 6.45) is 22.1. The molecule has 2 fully saturated rings. The van der Waals surface area contributed by atoms with E-state index in [-0.39, 0.29) is 5.70 Å². The van der Waals surface area contributed by atoms with E-state index in [0.29, 0.717) is 5.70 Å². The second-order valence-corrected chi connectivity index (χ2v) is 15.0. The van der Waals surface area contributed by atoms with Crippen LogP contribution >= 0.6 is 0 Å². The molecule has 3 aromatic rings. The van der Waals surface area contributed by atoms with Gasteiger partial charge >= 0.3 is 11.9 Å². The van der Waals surface area contributed by atoms with Gasteiger partial charge in [-0.3, -0.25) is 14.4 Å². The lowest BCUT2D eigenvalue weighted by Gasteiger charge is -2.11. The highest BCUT2D eigenvalue weighted by atomic mass is 16.6. The fourth-order valence-corrected chi connectivity index (χ4v) is 6.28. The first-order chi connectivity index (χ1) is 30.7. The van der Waals surface area contributed by atoms with E-state index >= 15 is 0 Å². The molecule has 11 heteroatoms. The van der Waals surface area contributed by atoms with Crippen LogP contribution in [0.1, 0.15) is 69.1 Å². The molecule has 0 saturated heterocycles. The standard InChI is InChI=1S/C30H30N4.C11H13NO.C8H8N2.C4H6O3/c1-32-29(22-31)30-25(10-6-8-23-12-18-27(19-13-23)33(2)3)16-17-26(30)11-7-9-24-14-20-28(21-15-24)34(4)5;1-12(2)11-7-5-10(6-8-11)4-3-9-13;1-10-8(6-9)7-4-2-3-5-7;1-3(5)7-4(2)6/h6-15,18-21H,16-17H2,2-5H3;3-9H,1-2H3;2-5H2;1-2H3/b8-6+,9-7+,25-10+,26-11+;4-3+;;. The third-order valence-corrected chi connectivity index (χ3v) is 9.58. The van der Waals surface area contributed by atoms with Gasteiger partial charge in [-0.05, 0) is 102 Å². The number of carbonyl (C=O) groups is 3. The van der Waals surface area contributed by atoms with E-state index in [1.54, 1.807) is 6.08 Å². The highest BCUT2D eigenvalue weighted by Gasteiger charge is 2.22. The van der Waals surface area contributed by atoms with Gasteiger partial charge in [0, 0.05) is 73.2 Å². The molecule has 3 aromatic carbocycles.